The standard InChI is InChI=1S/C20H20F3N3O5/c21-20(22,23)31-16-3-1-2-15(11-16)30-14-5-8-26(9-6-14)18(27)17-10-13(4-7-24-17)12-25-19(28)29/h1-4,7,10-11,14,25H,5-6,8-9,12H2,(H,28,29). The van der Waals surface area contributed by atoms with Crippen LogP contribution >= 0.6 is 0 Å². The average molecular weight is 439 g/mol. The summed E-state index contributed by atoms with van der Waals surface area (Å²) in [5.74, 6) is -0.385. The van der Waals surface area contributed by atoms with Crippen molar-refractivity contribution < 1.29 is 37.3 Å². The topological polar surface area (TPSA) is 101 Å². The number of pyridine rings is 1. The molecule has 0 aliphatic carbocycles. The molecule has 0 atom stereocenters. The summed E-state index contributed by atoms with van der Waals surface area (Å²) < 4.78 is 46.7. The van der Waals surface area contributed by atoms with E-state index in [1.54, 1.807) is 17.0 Å². The number of aromatic nitrogens is 1. The van der Waals surface area contributed by atoms with E-state index in [1.807, 2.05) is 0 Å². The largest absolute Gasteiger partial charge is 0.573 e. The second-order valence-electron chi connectivity index (χ2n) is 6.84. The zero-order valence-electron chi connectivity index (χ0n) is 16.3. The number of ether oxygens (including phenoxy) is 2. The molecule has 1 aromatic heterocycles. The molecule has 0 unspecified atom stereocenters. The molecule has 166 valence electrons. The number of hydrogen-bond donors (Lipinski definition) is 2. The zero-order valence-corrected chi connectivity index (χ0v) is 16.3. The van der Waals surface area contributed by atoms with Gasteiger partial charge in [-0.2, -0.15) is 0 Å². The lowest BCUT2D eigenvalue weighted by Crippen LogP contribution is -2.42. The van der Waals surface area contributed by atoms with Crippen molar-refractivity contribution in [3.63, 3.8) is 0 Å². The Kier molecular flexibility index (Phi) is 6.83. The molecule has 2 aromatic rings. The first-order chi connectivity index (χ1) is 14.7. The Morgan fingerprint density at radius 3 is 2.55 bits per heavy atom. The van der Waals surface area contributed by atoms with Crippen LogP contribution in [0.25, 0.3) is 0 Å². The Hall–Kier alpha value is -3.50. The van der Waals surface area contributed by atoms with Gasteiger partial charge >= 0.3 is 12.5 Å². The van der Waals surface area contributed by atoms with Gasteiger partial charge in [-0.1, -0.05) is 6.07 Å². The maximum absolute atomic E-state index is 12.7. The summed E-state index contributed by atoms with van der Waals surface area (Å²) in [5.41, 5.74) is 0.820. The van der Waals surface area contributed by atoms with Crippen LogP contribution in [0, 0.1) is 0 Å². The first-order valence-electron chi connectivity index (χ1n) is 9.43. The fourth-order valence-corrected chi connectivity index (χ4v) is 3.15. The van der Waals surface area contributed by atoms with Crippen LogP contribution < -0.4 is 14.8 Å². The highest BCUT2D eigenvalue weighted by Gasteiger charge is 2.31. The van der Waals surface area contributed by atoms with Gasteiger partial charge in [0.25, 0.3) is 5.91 Å². The third kappa shape index (κ3) is 6.76. The molecular formula is C20H20F3N3O5. The van der Waals surface area contributed by atoms with E-state index < -0.39 is 12.5 Å². The molecule has 0 saturated carbocycles. The molecule has 8 nitrogen and oxygen atoms in total. The van der Waals surface area contributed by atoms with Crippen molar-refractivity contribution >= 4 is 12.0 Å². The van der Waals surface area contributed by atoms with Crippen LogP contribution in [0.15, 0.2) is 42.6 Å². The number of amides is 2. The van der Waals surface area contributed by atoms with Gasteiger partial charge in [-0.15, -0.1) is 13.2 Å². The van der Waals surface area contributed by atoms with Crippen LogP contribution in [0.2, 0.25) is 0 Å². The smallest absolute Gasteiger partial charge is 0.490 e. The van der Waals surface area contributed by atoms with E-state index in [9.17, 15) is 22.8 Å². The summed E-state index contributed by atoms with van der Waals surface area (Å²) in [7, 11) is 0. The van der Waals surface area contributed by atoms with Crippen LogP contribution in [0.5, 0.6) is 11.5 Å². The van der Waals surface area contributed by atoms with Crippen molar-refractivity contribution in [2.75, 3.05) is 13.1 Å². The molecule has 1 aromatic carbocycles. The number of carbonyl (C=O) groups is 2. The molecule has 1 aliphatic rings. The number of hydrogen-bond acceptors (Lipinski definition) is 5. The maximum Gasteiger partial charge on any atom is 0.573 e. The highest BCUT2D eigenvalue weighted by Crippen LogP contribution is 2.28. The molecule has 31 heavy (non-hydrogen) atoms. The number of alkyl halides is 3. The van der Waals surface area contributed by atoms with Gasteiger partial charge in [0.2, 0.25) is 0 Å². The highest BCUT2D eigenvalue weighted by atomic mass is 19.4. The summed E-state index contributed by atoms with van der Waals surface area (Å²) in [4.78, 5) is 29.0. The molecule has 0 bridgehead atoms. The molecule has 1 aliphatic heterocycles. The van der Waals surface area contributed by atoms with Gasteiger partial charge in [0, 0.05) is 44.7 Å². The van der Waals surface area contributed by atoms with E-state index in [1.165, 1.54) is 30.5 Å². The molecule has 1 fully saturated rings. The molecule has 0 spiro atoms. The first-order valence-corrected chi connectivity index (χ1v) is 9.43. The predicted molar refractivity (Wildman–Crippen MR) is 102 cm³/mol. The van der Waals surface area contributed by atoms with Crippen LogP contribution in [0.3, 0.4) is 0 Å². The predicted octanol–water partition coefficient (Wildman–Crippen LogP) is 3.43. The van der Waals surface area contributed by atoms with Crippen LogP contribution in [-0.2, 0) is 6.54 Å². The number of likely N-dealkylation sites (tertiary alicyclic amines) is 1. The quantitative estimate of drug-likeness (QED) is 0.715. The van der Waals surface area contributed by atoms with E-state index in [-0.39, 0.29) is 35.7 Å². The summed E-state index contributed by atoms with van der Waals surface area (Å²) in [5, 5.41) is 10.9. The normalized spacial score (nSPS) is 14.7. The van der Waals surface area contributed by atoms with Gasteiger partial charge in [-0.05, 0) is 29.8 Å². The molecule has 3 rings (SSSR count). The average Bonchev–Trinajstić information content (AvgIpc) is 2.71. The number of nitrogens with zero attached hydrogens (tertiary/aromatic N) is 2. The number of halogens is 3. The lowest BCUT2D eigenvalue weighted by atomic mass is 10.1. The summed E-state index contributed by atoms with van der Waals surface area (Å²) >= 11 is 0. The highest BCUT2D eigenvalue weighted by molar-refractivity contribution is 5.92. The molecule has 0 radical (unpaired) electrons. The monoisotopic (exact) mass is 439 g/mol. The minimum absolute atomic E-state index is 0.0607. The molecule has 2 N–H and O–H groups in total. The van der Waals surface area contributed by atoms with Crippen molar-refractivity contribution in [3.05, 3.63) is 53.9 Å². The first kappa shape index (κ1) is 22.2. The molecule has 2 amide bonds. The number of carbonyl (C=O) groups excluding carboxylic acids is 1. The Labute approximate surface area is 175 Å². The number of piperidine rings is 1. The molecule has 11 heteroatoms. The Morgan fingerprint density at radius 1 is 1.16 bits per heavy atom. The molecule has 2 heterocycles. The minimum Gasteiger partial charge on any atom is -0.490 e. The lowest BCUT2D eigenvalue weighted by molar-refractivity contribution is -0.274. The van der Waals surface area contributed by atoms with Crippen molar-refractivity contribution in [3.8, 4) is 11.5 Å². The van der Waals surface area contributed by atoms with Gasteiger partial charge in [0.1, 0.15) is 23.3 Å². The maximum atomic E-state index is 12.7. The van der Waals surface area contributed by atoms with Crippen molar-refractivity contribution in [2.24, 2.45) is 0 Å². The van der Waals surface area contributed by atoms with E-state index in [0.717, 1.165) is 0 Å². The van der Waals surface area contributed by atoms with Crippen LogP contribution in [0.4, 0.5) is 18.0 Å². The molecule has 1 saturated heterocycles. The van der Waals surface area contributed by atoms with E-state index >= 15 is 0 Å². The Balaban J connectivity index is 1.54. The fourth-order valence-electron chi connectivity index (χ4n) is 3.15. The number of nitrogens with one attached hydrogen (secondary N) is 1. The second-order valence-corrected chi connectivity index (χ2v) is 6.84. The van der Waals surface area contributed by atoms with Crippen molar-refractivity contribution in [1.82, 2.24) is 15.2 Å². The number of carboxylic acid groups (broad SMARTS) is 1. The van der Waals surface area contributed by atoms with Crippen molar-refractivity contribution in [2.45, 2.75) is 31.9 Å². The Bertz CT molecular complexity index is 930. The van der Waals surface area contributed by atoms with Gasteiger partial charge in [0.05, 0.1) is 0 Å². The number of rotatable bonds is 6. The third-order valence-corrected chi connectivity index (χ3v) is 4.56. The lowest BCUT2D eigenvalue weighted by Gasteiger charge is -2.32. The van der Waals surface area contributed by atoms with Gasteiger partial charge in [0.15, 0.2) is 0 Å². The Morgan fingerprint density at radius 2 is 1.87 bits per heavy atom. The summed E-state index contributed by atoms with van der Waals surface area (Å²) in [6.07, 6.45) is -3.77. The van der Waals surface area contributed by atoms with E-state index in [2.05, 4.69) is 15.0 Å². The summed E-state index contributed by atoms with van der Waals surface area (Å²) in [6, 6.07) is 8.46. The van der Waals surface area contributed by atoms with E-state index in [0.29, 0.717) is 31.5 Å². The van der Waals surface area contributed by atoms with Crippen molar-refractivity contribution in [1.29, 1.82) is 0 Å². The fraction of sp³-hybridized carbons (Fsp3) is 0.350. The van der Waals surface area contributed by atoms with E-state index in [4.69, 9.17) is 9.84 Å². The number of benzene rings is 1. The van der Waals surface area contributed by atoms with Crippen LogP contribution in [0.1, 0.15) is 28.9 Å². The van der Waals surface area contributed by atoms with Crippen LogP contribution in [-0.4, -0.2) is 52.5 Å². The van der Waals surface area contributed by atoms with Gasteiger partial charge in [-0.25, -0.2) is 4.79 Å². The third-order valence-electron chi connectivity index (χ3n) is 4.56. The minimum atomic E-state index is -4.78. The van der Waals surface area contributed by atoms with Gasteiger partial charge < -0.3 is 24.8 Å². The zero-order chi connectivity index (χ0) is 22.4. The molecular weight excluding hydrogens is 419 g/mol. The summed E-state index contributed by atoms with van der Waals surface area (Å²) in [6.45, 7) is 0.841. The van der Waals surface area contributed by atoms with Gasteiger partial charge in [-0.3, -0.25) is 9.78 Å². The second kappa shape index (κ2) is 9.54. The SMILES string of the molecule is O=C(O)NCc1ccnc(C(=O)N2CCC(Oc3cccc(OC(F)(F)F)c3)CC2)c1.